The second-order valence-corrected chi connectivity index (χ2v) is 11.9. The van der Waals surface area contributed by atoms with Crippen molar-refractivity contribution in [2.24, 2.45) is 11.8 Å². The van der Waals surface area contributed by atoms with Crippen molar-refractivity contribution in [3.63, 3.8) is 0 Å². The van der Waals surface area contributed by atoms with Crippen LogP contribution in [0.5, 0.6) is 0 Å². The molecule has 1 saturated heterocycles. The molecule has 0 radical (unpaired) electrons. The molecule has 1 aliphatic rings. The van der Waals surface area contributed by atoms with Gasteiger partial charge in [-0.25, -0.2) is 0 Å². The molecule has 0 aromatic heterocycles. The fourth-order valence-corrected chi connectivity index (χ4v) is 5.20. The highest BCUT2D eigenvalue weighted by molar-refractivity contribution is 6.31. The minimum absolute atomic E-state index is 0.00147. The predicted molar refractivity (Wildman–Crippen MR) is 153 cm³/mol. The minimum Gasteiger partial charge on any atom is -0.474 e. The third-order valence-corrected chi connectivity index (χ3v) is 7.34. The largest absolute Gasteiger partial charge is 0.474 e. The first-order valence-electron chi connectivity index (χ1n) is 13.4. The Balaban J connectivity index is 2.12. The summed E-state index contributed by atoms with van der Waals surface area (Å²) in [5.74, 6) is 0.413. The maximum Gasteiger partial charge on any atom is 0.251 e. The molecule has 208 valence electrons. The van der Waals surface area contributed by atoms with Crippen molar-refractivity contribution in [1.29, 1.82) is 0 Å². The fraction of sp³-hybridized carbons (Fsp3) is 0.655. The van der Waals surface area contributed by atoms with Crippen LogP contribution in [0.4, 0.5) is 5.69 Å². The Morgan fingerprint density at radius 2 is 1.97 bits per heavy atom. The zero-order valence-corrected chi connectivity index (χ0v) is 25.0. The van der Waals surface area contributed by atoms with E-state index in [4.69, 9.17) is 16.3 Å². The van der Waals surface area contributed by atoms with E-state index in [1.165, 1.54) is 0 Å². The first-order chi connectivity index (χ1) is 17.1. The van der Waals surface area contributed by atoms with E-state index < -0.39 is 0 Å². The molecule has 7 nitrogen and oxygen atoms in total. The molecular weight excluding hydrogens is 488 g/mol. The van der Waals surface area contributed by atoms with Gasteiger partial charge in [-0.1, -0.05) is 18.5 Å². The second kappa shape index (κ2) is 12.9. The molecule has 0 saturated carbocycles. The standard InChI is InChI=1S/C29H47ClN4O3/c1-11-34(20(4)12-13-33(10)22(6)37-29(7,8)9)26-16-23(30)15-24(21(26)5)27(35)31-17-25-18(2)14-19(3)32-28(25)36/h15-16,18-20,25H,6,11-14,17H2,1-5,7-10H3,(H,31,35)(H,32,36). The van der Waals surface area contributed by atoms with Gasteiger partial charge in [-0.15, -0.1) is 0 Å². The van der Waals surface area contributed by atoms with Gasteiger partial charge in [0.05, 0.1) is 5.92 Å². The van der Waals surface area contributed by atoms with E-state index in [9.17, 15) is 9.59 Å². The van der Waals surface area contributed by atoms with E-state index in [2.05, 4.69) is 42.9 Å². The van der Waals surface area contributed by atoms with Crippen LogP contribution in [-0.2, 0) is 9.53 Å². The summed E-state index contributed by atoms with van der Waals surface area (Å²) >= 11 is 6.51. The van der Waals surface area contributed by atoms with Gasteiger partial charge in [-0.05, 0) is 91.5 Å². The number of amides is 2. The van der Waals surface area contributed by atoms with Gasteiger partial charge in [-0.2, -0.15) is 0 Å². The van der Waals surface area contributed by atoms with Gasteiger partial charge >= 0.3 is 0 Å². The molecule has 1 aromatic carbocycles. The Bertz CT molecular complexity index is 975. The molecule has 37 heavy (non-hydrogen) atoms. The minimum atomic E-state index is -0.293. The van der Waals surface area contributed by atoms with Crippen LogP contribution in [0.2, 0.25) is 5.02 Å². The van der Waals surface area contributed by atoms with Crippen molar-refractivity contribution in [2.45, 2.75) is 85.9 Å². The maximum absolute atomic E-state index is 13.2. The Morgan fingerprint density at radius 1 is 1.32 bits per heavy atom. The van der Waals surface area contributed by atoms with Crippen LogP contribution in [0.1, 0.15) is 77.2 Å². The highest BCUT2D eigenvalue weighted by Gasteiger charge is 2.32. The first-order valence-corrected chi connectivity index (χ1v) is 13.8. The predicted octanol–water partition coefficient (Wildman–Crippen LogP) is 5.36. The van der Waals surface area contributed by atoms with Crippen molar-refractivity contribution in [2.75, 3.05) is 31.6 Å². The Labute approximate surface area is 228 Å². The Hall–Kier alpha value is -2.41. The summed E-state index contributed by atoms with van der Waals surface area (Å²) in [6, 6.07) is 3.99. The van der Waals surface area contributed by atoms with Crippen molar-refractivity contribution in [3.05, 3.63) is 40.7 Å². The molecule has 4 atom stereocenters. The highest BCUT2D eigenvalue weighted by atomic mass is 35.5. The summed E-state index contributed by atoms with van der Waals surface area (Å²) in [6.45, 7) is 22.3. The van der Waals surface area contributed by atoms with Crippen molar-refractivity contribution >= 4 is 29.1 Å². The first kappa shape index (κ1) is 30.8. The van der Waals surface area contributed by atoms with E-state index >= 15 is 0 Å². The number of ether oxygens (including phenoxy) is 1. The topological polar surface area (TPSA) is 73.9 Å². The summed E-state index contributed by atoms with van der Waals surface area (Å²) in [5.41, 5.74) is 2.06. The Kier molecular flexibility index (Phi) is 10.7. The van der Waals surface area contributed by atoms with Crippen LogP contribution in [0.25, 0.3) is 0 Å². The van der Waals surface area contributed by atoms with Crippen molar-refractivity contribution in [1.82, 2.24) is 15.5 Å². The van der Waals surface area contributed by atoms with E-state index in [1.54, 1.807) is 6.07 Å². The van der Waals surface area contributed by atoms with Gasteiger partial charge in [-0.3, -0.25) is 9.59 Å². The number of nitrogens with zero attached hydrogens (tertiary/aromatic N) is 2. The van der Waals surface area contributed by atoms with Crippen molar-refractivity contribution < 1.29 is 14.3 Å². The van der Waals surface area contributed by atoms with Crippen LogP contribution in [0.15, 0.2) is 24.6 Å². The van der Waals surface area contributed by atoms with Gasteiger partial charge in [0.2, 0.25) is 5.91 Å². The molecule has 1 fully saturated rings. The number of rotatable bonds is 11. The highest BCUT2D eigenvalue weighted by Crippen LogP contribution is 2.30. The van der Waals surface area contributed by atoms with E-state index in [1.807, 2.05) is 52.6 Å². The molecule has 8 heteroatoms. The van der Waals surface area contributed by atoms with Gasteiger partial charge in [0.25, 0.3) is 5.91 Å². The number of carbonyl (C=O) groups is 2. The zero-order chi connectivity index (χ0) is 28.1. The van der Waals surface area contributed by atoms with Gasteiger partial charge < -0.3 is 25.2 Å². The number of halogens is 1. The molecule has 2 amide bonds. The lowest BCUT2D eigenvalue weighted by atomic mass is 9.84. The molecule has 1 aromatic rings. The molecule has 0 bridgehead atoms. The van der Waals surface area contributed by atoms with E-state index in [0.29, 0.717) is 23.0 Å². The van der Waals surface area contributed by atoms with Crippen LogP contribution in [-0.4, -0.2) is 61.1 Å². The van der Waals surface area contributed by atoms with Crippen molar-refractivity contribution in [3.8, 4) is 0 Å². The lowest BCUT2D eigenvalue weighted by Crippen LogP contribution is -2.50. The number of nitrogens with one attached hydrogen (secondary N) is 2. The third-order valence-electron chi connectivity index (χ3n) is 7.12. The summed E-state index contributed by atoms with van der Waals surface area (Å²) in [6.07, 6.45) is 1.78. The fourth-order valence-electron chi connectivity index (χ4n) is 4.99. The Morgan fingerprint density at radius 3 is 2.54 bits per heavy atom. The number of carbonyl (C=O) groups excluding carboxylic acids is 2. The average Bonchev–Trinajstić information content (AvgIpc) is 2.77. The number of hydrogen-bond donors (Lipinski definition) is 2. The molecule has 1 heterocycles. The lowest BCUT2D eigenvalue weighted by Gasteiger charge is -2.35. The quantitative estimate of drug-likeness (QED) is 0.374. The summed E-state index contributed by atoms with van der Waals surface area (Å²) < 4.78 is 5.90. The molecule has 0 aliphatic carbocycles. The number of hydrogen-bond acceptors (Lipinski definition) is 5. The molecule has 1 aliphatic heterocycles. The lowest BCUT2D eigenvalue weighted by molar-refractivity contribution is -0.129. The smallest absolute Gasteiger partial charge is 0.251 e. The number of piperidine rings is 1. The molecule has 2 N–H and O–H groups in total. The summed E-state index contributed by atoms with van der Waals surface area (Å²) in [7, 11) is 1.98. The van der Waals surface area contributed by atoms with E-state index in [-0.39, 0.29) is 41.3 Å². The molecular formula is C29H47ClN4O3. The average molecular weight is 535 g/mol. The normalized spacial score (nSPS) is 20.6. The van der Waals surface area contributed by atoms with Gasteiger partial charge in [0, 0.05) is 55.0 Å². The van der Waals surface area contributed by atoms with Gasteiger partial charge in [0.1, 0.15) is 5.60 Å². The molecule has 4 unspecified atom stereocenters. The zero-order valence-electron chi connectivity index (χ0n) is 24.2. The number of benzene rings is 1. The monoisotopic (exact) mass is 534 g/mol. The van der Waals surface area contributed by atoms with Gasteiger partial charge in [0.15, 0.2) is 5.88 Å². The van der Waals surface area contributed by atoms with Crippen LogP contribution in [0.3, 0.4) is 0 Å². The molecule has 0 spiro atoms. The van der Waals surface area contributed by atoms with Crippen LogP contribution >= 0.6 is 11.6 Å². The summed E-state index contributed by atoms with van der Waals surface area (Å²) in [5, 5.41) is 6.49. The summed E-state index contributed by atoms with van der Waals surface area (Å²) in [4.78, 5) is 30.0. The van der Waals surface area contributed by atoms with E-state index in [0.717, 1.165) is 37.2 Å². The second-order valence-electron chi connectivity index (χ2n) is 11.5. The third kappa shape index (κ3) is 8.56. The van der Waals surface area contributed by atoms with Crippen LogP contribution < -0.4 is 15.5 Å². The van der Waals surface area contributed by atoms with Crippen LogP contribution in [0, 0.1) is 18.8 Å². The molecule has 2 rings (SSSR count). The number of anilines is 1. The SMILES string of the molecule is C=C(OC(C)(C)C)N(C)CCC(C)N(CC)c1cc(Cl)cc(C(=O)NCC2C(=O)NC(C)CC2C)c1C. The maximum atomic E-state index is 13.2.